The van der Waals surface area contributed by atoms with E-state index in [0.717, 1.165) is 5.56 Å². The van der Waals surface area contributed by atoms with Crippen molar-refractivity contribution in [2.24, 2.45) is 0 Å². The van der Waals surface area contributed by atoms with E-state index in [1.54, 1.807) is 41.2 Å². The van der Waals surface area contributed by atoms with Crippen LogP contribution in [-0.4, -0.2) is 42.0 Å². The van der Waals surface area contributed by atoms with Gasteiger partial charge in [0.05, 0.1) is 26.3 Å². The lowest BCUT2D eigenvalue weighted by molar-refractivity contribution is -0.123. The van der Waals surface area contributed by atoms with Crippen molar-refractivity contribution in [1.29, 1.82) is 0 Å². The lowest BCUT2D eigenvalue weighted by Crippen LogP contribution is -2.30. The van der Waals surface area contributed by atoms with E-state index >= 15 is 0 Å². The van der Waals surface area contributed by atoms with E-state index in [0.29, 0.717) is 29.3 Å². The van der Waals surface area contributed by atoms with E-state index in [4.69, 9.17) is 14.2 Å². The van der Waals surface area contributed by atoms with Gasteiger partial charge in [-0.25, -0.2) is 4.79 Å². The summed E-state index contributed by atoms with van der Waals surface area (Å²) in [5.74, 6) is 0.00241. The SMILES string of the molecule is COc1ccc(NC(=O)C(C)OC(=O)c2ccc(Cn3cccn3)cc2)cc1OC. The Morgan fingerprint density at radius 1 is 1.07 bits per heavy atom. The van der Waals surface area contributed by atoms with E-state index in [2.05, 4.69) is 10.4 Å². The van der Waals surface area contributed by atoms with Crippen LogP contribution >= 0.6 is 0 Å². The molecule has 8 nitrogen and oxygen atoms in total. The summed E-state index contributed by atoms with van der Waals surface area (Å²) in [5, 5.41) is 6.85. The zero-order valence-electron chi connectivity index (χ0n) is 17.0. The highest BCUT2D eigenvalue weighted by atomic mass is 16.5. The van der Waals surface area contributed by atoms with E-state index < -0.39 is 18.0 Å². The van der Waals surface area contributed by atoms with Gasteiger partial charge in [0, 0.05) is 24.1 Å². The number of benzene rings is 2. The molecule has 1 unspecified atom stereocenters. The maximum atomic E-state index is 12.4. The predicted octanol–water partition coefficient (Wildman–Crippen LogP) is 3.13. The lowest BCUT2D eigenvalue weighted by Gasteiger charge is -2.15. The molecular weight excluding hydrogens is 386 g/mol. The van der Waals surface area contributed by atoms with Crippen molar-refractivity contribution in [2.75, 3.05) is 19.5 Å². The number of hydrogen-bond donors (Lipinski definition) is 1. The summed E-state index contributed by atoms with van der Waals surface area (Å²) < 4.78 is 17.5. The zero-order valence-corrected chi connectivity index (χ0v) is 17.0. The molecule has 1 heterocycles. The fourth-order valence-electron chi connectivity index (χ4n) is 2.77. The topological polar surface area (TPSA) is 91.7 Å². The molecule has 0 aliphatic carbocycles. The molecule has 2 aromatic carbocycles. The molecular formula is C22H23N3O5. The van der Waals surface area contributed by atoms with Gasteiger partial charge in [-0.1, -0.05) is 12.1 Å². The molecule has 0 saturated carbocycles. The third-order valence-corrected chi connectivity index (χ3v) is 4.40. The summed E-state index contributed by atoms with van der Waals surface area (Å²) in [6, 6.07) is 13.8. The minimum Gasteiger partial charge on any atom is -0.493 e. The van der Waals surface area contributed by atoms with Gasteiger partial charge in [0.2, 0.25) is 0 Å². The molecule has 8 heteroatoms. The summed E-state index contributed by atoms with van der Waals surface area (Å²) in [6.07, 6.45) is 2.59. The number of hydrogen-bond acceptors (Lipinski definition) is 6. The molecule has 0 radical (unpaired) electrons. The van der Waals surface area contributed by atoms with Gasteiger partial charge in [-0.3, -0.25) is 9.48 Å². The van der Waals surface area contributed by atoms with Gasteiger partial charge in [-0.05, 0) is 42.8 Å². The summed E-state index contributed by atoms with van der Waals surface area (Å²) in [5.41, 5.74) is 1.86. The molecule has 3 rings (SSSR count). The van der Waals surface area contributed by atoms with Crippen LogP contribution in [0.25, 0.3) is 0 Å². The molecule has 0 aliphatic heterocycles. The molecule has 0 spiro atoms. The first-order valence-corrected chi connectivity index (χ1v) is 9.30. The third kappa shape index (κ3) is 5.16. The van der Waals surface area contributed by atoms with E-state index in [-0.39, 0.29) is 0 Å². The molecule has 1 atom stereocenters. The number of anilines is 1. The van der Waals surface area contributed by atoms with Crippen LogP contribution in [0.3, 0.4) is 0 Å². The van der Waals surface area contributed by atoms with Crippen LogP contribution in [0.15, 0.2) is 60.9 Å². The molecule has 0 aliphatic rings. The van der Waals surface area contributed by atoms with Crippen molar-refractivity contribution < 1.29 is 23.8 Å². The molecule has 0 fully saturated rings. The fraction of sp³-hybridized carbons (Fsp3) is 0.227. The summed E-state index contributed by atoms with van der Waals surface area (Å²) in [4.78, 5) is 24.8. The number of aromatic nitrogens is 2. The van der Waals surface area contributed by atoms with Gasteiger partial charge in [-0.15, -0.1) is 0 Å². The van der Waals surface area contributed by atoms with Crippen molar-refractivity contribution >= 4 is 17.6 Å². The first-order chi connectivity index (χ1) is 14.5. The van der Waals surface area contributed by atoms with Crippen molar-refractivity contribution in [2.45, 2.75) is 19.6 Å². The number of ether oxygens (including phenoxy) is 3. The number of nitrogens with one attached hydrogen (secondary N) is 1. The smallest absolute Gasteiger partial charge is 0.338 e. The second-order valence-corrected chi connectivity index (χ2v) is 6.51. The number of esters is 1. The minimum absolute atomic E-state index is 0.366. The van der Waals surface area contributed by atoms with Crippen LogP contribution in [0.1, 0.15) is 22.8 Å². The Labute approximate surface area is 174 Å². The summed E-state index contributed by atoms with van der Waals surface area (Å²) >= 11 is 0. The molecule has 0 saturated heterocycles. The maximum absolute atomic E-state index is 12.4. The number of methoxy groups -OCH3 is 2. The van der Waals surface area contributed by atoms with Crippen LogP contribution in [-0.2, 0) is 16.1 Å². The number of amides is 1. The number of nitrogens with zero attached hydrogens (tertiary/aromatic N) is 2. The second-order valence-electron chi connectivity index (χ2n) is 6.51. The molecule has 30 heavy (non-hydrogen) atoms. The number of carbonyl (C=O) groups excluding carboxylic acids is 2. The Hall–Kier alpha value is -3.81. The molecule has 1 aromatic heterocycles. The fourth-order valence-corrected chi connectivity index (χ4v) is 2.77. The molecule has 1 N–H and O–H groups in total. The number of carbonyl (C=O) groups is 2. The lowest BCUT2D eigenvalue weighted by atomic mass is 10.1. The largest absolute Gasteiger partial charge is 0.493 e. The Balaban J connectivity index is 1.57. The van der Waals surface area contributed by atoms with Crippen molar-refractivity contribution in [3.8, 4) is 11.5 Å². The average Bonchev–Trinajstić information content (AvgIpc) is 3.27. The third-order valence-electron chi connectivity index (χ3n) is 4.40. The van der Waals surface area contributed by atoms with Crippen molar-refractivity contribution in [1.82, 2.24) is 9.78 Å². The first-order valence-electron chi connectivity index (χ1n) is 9.30. The van der Waals surface area contributed by atoms with Gasteiger partial charge in [0.25, 0.3) is 5.91 Å². The van der Waals surface area contributed by atoms with Gasteiger partial charge in [0.1, 0.15) is 0 Å². The van der Waals surface area contributed by atoms with Crippen molar-refractivity contribution in [3.63, 3.8) is 0 Å². The monoisotopic (exact) mass is 409 g/mol. The van der Waals surface area contributed by atoms with Crippen LogP contribution in [0, 0.1) is 0 Å². The highest BCUT2D eigenvalue weighted by molar-refractivity contribution is 5.97. The number of rotatable bonds is 8. The van der Waals surface area contributed by atoms with Gasteiger partial charge >= 0.3 is 5.97 Å². The van der Waals surface area contributed by atoms with E-state index in [1.807, 2.05) is 24.4 Å². The minimum atomic E-state index is -0.977. The molecule has 0 bridgehead atoms. The van der Waals surface area contributed by atoms with Gasteiger partial charge in [0.15, 0.2) is 17.6 Å². The predicted molar refractivity (Wildman–Crippen MR) is 111 cm³/mol. The molecule has 156 valence electrons. The Kier molecular flexibility index (Phi) is 6.69. The van der Waals surface area contributed by atoms with Crippen LogP contribution in [0.5, 0.6) is 11.5 Å². The summed E-state index contributed by atoms with van der Waals surface area (Å²) in [6.45, 7) is 2.12. The van der Waals surface area contributed by atoms with Crippen LogP contribution in [0.4, 0.5) is 5.69 Å². The van der Waals surface area contributed by atoms with Crippen LogP contribution < -0.4 is 14.8 Å². The Morgan fingerprint density at radius 2 is 1.80 bits per heavy atom. The first kappa shape index (κ1) is 20.9. The summed E-state index contributed by atoms with van der Waals surface area (Å²) in [7, 11) is 3.04. The highest BCUT2D eigenvalue weighted by Crippen LogP contribution is 2.29. The zero-order chi connectivity index (χ0) is 21.5. The quantitative estimate of drug-likeness (QED) is 0.575. The normalized spacial score (nSPS) is 11.4. The van der Waals surface area contributed by atoms with E-state index in [1.165, 1.54) is 21.1 Å². The molecule has 3 aromatic rings. The Morgan fingerprint density at radius 3 is 2.43 bits per heavy atom. The second kappa shape index (κ2) is 9.60. The average molecular weight is 409 g/mol. The van der Waals surface area contributed by atoms with Crippen LogP contribution in [0.2, 0.25) is 0 Å². The van der Waals surface area contributed by atoms with Crippen molar-refractivity contribution in [3.05, 3.63) is 72.1 Å². The van der Waals surface area contributed by atoms with E-state index in [9.17, 15) is 9.59 Å². The van der Waals surface area contributed by atoms with Gasteiger partial charge < -0.3 is 19.5 Å². The van der Waals surface area contributed by atoms with Gasteiger partial charge in [-0.2, -0.15) is 5.10 Å². The standard InChI is InChI=1S/C22H23N3O5/c1-15(21(26)24-18-9-10-19(28-2)20(13-18)29-3)30-22(27)17-7-5-16(6-8-17)14-25-12-4-11-23-25/h4-13,15H,14H2,1-3H3,(H,24,26). The highest BCUT2D eigenvalue weighted by Gasteiger charge is 2.19. The Bertz CT molecular complexity index is 1000. The molecule has 1 amide bonds. The maximum Gasteiger partial charge on any atom is 0.338 e.